The van der Waals surface area contributed by atoms with E-state index in [1.807, 2.05) is 0 Å². The lowest BCUT2D eigenvalue weighted by Gasteiger charge is -2.07. The lowest BCUT2D eigenvalue weighted by Crippen LogP contribution is -2.24. The van der Waals surface area contributed by atoms with Crippen LogP contribution in [0.25, 0.3) is 6.08 Å². The van der Waals surface area contributed by atoms with Crippen LogP contribution in [0.2, 0.25) is 0 Å². The van der Waals surface area contributed by atoms with Gasteiger partial charge in [-0.15, -0.1) is 0 Å². The summed E-state index contributed by atoms with van der Waals surface area (Å²) in [5.41, 5.74) is 0.781. The number of amides is 1. The van der Waals surface area contributed by atoms with Crippen molar-refractivity contribution in [2.75, 3.05) is 34.5 Å². The second-order valence-corrected chi connectivity index (χ2v) is 3.73. The quantitative estimate of drug-likeness (QED) is 0.599. The number of rotatable bonds is 7. The fraction of sp³-hybridized carbons (Fsp3) is 0.357. The molecule has 0 aromatic heterocycles. The molecule has 0 aliphatic heterocycles. The summed E-state index contributed by atoms with van der Waals surface area (Å²) in [6, 6.07) is 5.40. The van der Waals surface area contributed by atoms with Gasteiger partial charge in [0.2, 0.25) is 5.91 Å². The molecular weight excluding hydrogens is 246 g/mol. The van der Waals surface area contributed by atoms with E-state index < -0.39 is 0 Å². The van der Waals surface area contributed by atoms with Crippen molar-refractivity contribution in [2.45, 2.75) is 0 Å². The number of methoxy groups -OCH3 is 3. The Morgan fingerprint density at radius 2 is 2.05 bits per heavy atom. The molecule has 1 rings (SSSR count). The Labute approximate surface area is 113 Å². The van der Waals surface area contributed by atoms with Crippen molar-refractivity contribution in [3.8, 4) is 11.5 Å². The van der Waals surface area contributed by atoms with Crippen molar-refractivity contribution in [1.29, 1.82) is 0 Å². The van der Waals surface area contributed by atoms with E-state index >= 15 is 0 Å². The predicted molar refractivity (Wildman–Crippen MR) is 73.5 cm³/mol. The van der Waals surface area contributed by atoms with Crippen LogP contribution in [-0.2, 0) is 9.53 Å². The van der Waals surface area contributed by atoms with Gasteiger partial charge < -0.3 is 19.5 Å². The first kappa shape index (κ1) is 15.0. The molecule has 19 heavy (non-hydrogen) atoms. The Morgan fingerprint density at radius 3 is 2.68 bits per heavy atom. The zero-order chi connectivity index (χ0) is 14.1. The third-order valence-electron chi connectivity index (χ3n) is 2.46. The second kappa shape index (κ2) is 8.16. The van der Waals surface area contributed by atoms with Crippen molar-refractivity contribution in [3.05, 3.63) is 29.8 Å². The minimum absolute atomic E-state index is 0.179. The van der Waals surface area contributed by atoms with E-state index in [1.54, 1.807) is 45.6 Å². The van der Waals surface area contributed by atoms with Crippen LogP contribution in [0, 0.1) is 0 Å². The number of hydrogen-bond acceptors (Lipinski definition) is 4. The molecule has 0 aliphatic carbocycles. The fourth-order valence-corrected chi connectivity index (χ4v) is 1.47. The van der Waals surface area contributed by atoms with Crippen LogP contribution in [0.4, 0.5) is 0 Å². The van der Waals surface area contributed by atoms with E-state index in [1.165, 1.54) is 6.08 Å². The van der Waals surface area contributed by atoms with Gasteiger partial charge in [0.05, 0.1) is 20.8 Å². The second-order valence-electron chi connectivity index (χ2n) is 3.73. The van der Waals surface area contributed by atoms with Crippen molar-refractivity contribution >= 4 is 12.0 Å². The maximum atomic E-state index is 11.5. The number of nitrogens with one attached hydrogen (secondary N) is 1. The van der Waals surface area contributed by atoms with Crippen LogP contribution in [0.5, 0.6) is 11.5 Å². The Bertz CT molecular complexity index is 443. The molecule has 0 heterocycles. The van der Waals surface area contributed by atoms with Crippen molar-refractivity contribution < 1.29 is 19.0 Å². The van der Waals surface area contributed by atoms with Gasteiger partial charge in [0.15, 0.2) is 0 Å². The van der Waals surface area contributed by atoms with Gasteiger partial charge in [-0.25, -0.2) is 0 Å². The Balaban J connectivity index is 2.71. The van der Waals surface area contributed by atoms with E-state index in [0.717, 1.165) is 5.56 Å². The first-order valence-corrected chi connectivity index (χ1v) is 5.88. The lowest BCUT2D eigenvalue weighted by atomic mass is 10.1. The first-order valence-electron chi connectivity index (χ1n) is 5.88. The van der Waals surface area contributed by atoms with E-state index in [-0.39, 0.29) is 5.91 Å². The third kappa shape index (κ3) is 5.01. The molecule has 0 radical (unpaired) electrons. The molecule has 1 aromatic rings. The largest absolute Gasteiger partial charge is 0.497 e. The number of carbonyl (C=O) groups excluding carboxylic acids is 1. The third-order valence-corrected chi connectivity index (χ3v) is 2.46. The molecule has 0 unspecified atom stereocenters. The summed E-state index contributed by atoms with van der Waals surface area (Å²) >= 11 is 0. The number of hydrogen-bond donors (Lipinski definition) is 1. The van der Waals surface area contributed by atoms with E-state index in [4.69, 9.17) is 14.2 Å². The normalized spacial score (nSPS) is 10.5. The van der Waals surface area contributed by atoms with E-state index in [2.05, 4.69) is 5.32 Å². The summed E-state index contributed by atoms with van der Waals surface area (Å²) in [6.45, 7) is 0.969. The van der Waals surface area contributed by atoms with E-state index in [9.17, 15) is 4.79 Å². The molecule has 1 N–H and O–H groups in total. The van der Waals surface area contributed by atoms with Gasteiger partial charge in [0.25, 0.3) is 0 Å². The highest BCUT2D eigenvalue weighted by Gasteiger charge is 2.02. The van der Waals surface area contributed by atoms with Crippen LogP contribution in [0.1, 0.15) is 5.56 Å². The van der Waals surface area contributed by atoms with Gasteiger partial charge in [-0.3, -0.25) is 4.79 Å². The Kier molecular flexibility index (Phi) is 6.46. The molecule has 0 bridgehead atoms. The molecule has 1 amide bonds. The summed E-state index contributed by atoms with van der Waals surface area (Å²) in [6.07, 6.45) is 3.14. The maximum Gasteiger partial charge on any atom is 0.244 e. The molecule has 0 spiro atoms. The van der Waals surface area contributed by atoms with Crippen LogP contribution < -0.4 is 14.8 Å². The van der Waals surface area contributed by atoms with Crippen LogP contribution in [0.15, 0.2) is 24.3 Å². The predicted octanol–water partition coefficient (Wildman–Crippen LogP) is 1.48. The summed E-state index contributed by atoms with van der Waals surface area (Å²) in [4.78, 5) is 11.5. The zero-order valence-corrected chi connectivity index (χ0v) is 11.4. The van der Waals surface area contributed by atoms with Gasteiger partial charge in [-0.05, 0) is 24.3 Å². The highest BCUT2D eigenvalue weighted by atomic mass is 16.5. The minimum atomic E-state index is -0.179. The van der Waals surface area contributed by atoms with Gasteiger partial charge in [0.1, 0.15) is 11.5 Å². The molecule has 0 saturated carbocycles. The average molecular weight is 265 g/mol. The zero-order valence-electron chi connectivity index (χ0n) is 11.4. The minimum Gasteiger partial charge on any atom is -0.497 e. The first-order chi connectivity index (χ1) is 9.21. The molecule has 0 saturated heterocycles. The maximum absolute atomic E-state index is 11.5. The monoisotopic (exact) mass is 265 g/mol. The number of ether oxygens (including phenoxy) is 3. The van der Waals surface area contributed by atoms with Gasteiger partial charge in [-0.2, -0.15) is 0 Å². The molecular formula is C14H19NO4. The van der Waals surface area contributed by atoms with Gasteiger partial charge in [-0.1, -0.05) is 0 Å². The molecule has 1 aromatic carbocycles. The van der Waals surface area contributed by atoms with Crippen LogP contribution in [0.3, 0.4) is 0 Å². The van der Waals surface area contributed by atoms with Crippen molar-refractivity contribution in [2.24, 2.45) is 0 Å². The standard InChI is InChI=1S/C14H19NO4/c1-17-9-8-15-14(16)7-4-11-10-12(18-2)5-6-13(11)19-3/h4-7,10H,8-9H2,1-3H3,(H,15,16). The Hall–Kier alpha value is -2.01. The smallest absolute Gasteiger partial charge is 0.244 e. The molecule has 5 heteroatoms. The average Bonchev–Trinajstić information content (AvgIpc) is 2.45. The van der Waals surface area contributed by atoms with Crippen molar-refractivity contribution in [3.63, 3.8) is 0 Å². The fourth-order valence-electron chi connectivity index (χ4n) is 1.47. The topological polar surface area (TPSA) is 56.8 Å². The van der Waals surface area contributed by atoms with Gasteiger partial charge >= 0.3 is 0 Å². The molecule has 0 aliphatic rings. The molecule has 104 valence electrons. The number of carbonyl (C=O) groups is 1. The molecule has 5 nitrogen and oxygen atoms in total. The SMILES string of the molecule is COCCNC(=O)C=Cc1cc(OC)ccc1OC. The Morgan fingerprint density at radius 1 is 1.26 bits per heavy atom. The van der Waals surface area contributed by atoms with E-state index in [0.29, 0.717) is 24.7 Å². The highest BCUT2D eigenvalue weighted by Crippen LogP contribution is 2.24. The summed E-state index contributed by atoms with van der Waals surface area (Å²) < 4.78 is 15.2. The number of benzene rings is 1. The van der Waals surface area contributed by atoms with Crippen LogP contribution in [-0.4, -0.2) is 40.4 Å². The molecule has 0 fully saturated rings. The summed E-state index contributed by atoms with van der Waals surface area (Å²) in [7, 11) is 4.76. The van der Waals surface area contributed by atoms with Gasteiger partial charge in [0, 0.05) is 25.3 Å². The highest BCUT2D eigenvalue weighted by molar-refractivity contribution is 5.92. The summed E-state index contributed by atoms with van der Waals surface area (Å²) in [5.74, 6) is 1.21. The van der Waals surface area contributed by atoms with Crippen LogP contribution >= 0.6 is 0 Å². The lowest BCUT2D eigenvalue weighted by molar-refractivity contribution is -0.116. The summed E-state index contributed by atoms with van der Waals surface area (Å²) in [5, 5.41) is 2.70. The van der Waals surface area contributed by atoms with Crippen molar-refractivity contribution in [1.82, 2.24) is 5.32 Å². The molecule has 0 atom stereocenters.